The van der Waals surface area contributed by atoms with Crippen LogP contribution in [0.4, 0.5) is 0 Å². The summed E-state index contributed by atoms with van der Waals surface area (Å²) in [7, 11) is 4.02. The molecule has 4 nitrogen and oxygen atoms in total. The lowest BCUT2D eigenvalue weighted by Gasteiger charge is -2.16. The van der Waals surface area contributed by atoms with E-state index in [0.29, 0.717) is 5.56 Å². The molecular weight excluding hydrogens is 216 g/mol. The van der Waals surface area contributed by atoms with Gasteiger partial charge in [0.15, 0.2) is 0 Å². The maximum Gasteiger partial charge on any atom is 0.335 e. The van der Waals surface area contributed by atoms with Crippen molar-refractivity contribution in [1.82, 2.24) is 10.2 Å². The third kappa shape index (κ3) is 4.97. The lowest BCUT2D eigenvalue weighted by atomic mass is 10.1. The van der Waals surface area contributed by atoms with Gasteiger partial charge in [-0.2, -0.15) is 0 Å². The van der Waals surface area contributed by atoms with Crippen LogP contribution in [0.25, 0.3) is 0 Å². The Labute approximate surface area is 102 Å². The molecule has 94 valence electrons. The van der Waals surface area contributed by atoms with Crippen molar-refractivity contribution < 1.29 is 9.90 Å². The molecule has 0 unspecified atom stereocenters. The molecule has 0 aromatic heterocycles. The smallest absolute Gasteiger partial charge is 0.335 e. The van der Waals surface area contributed by atoms with Crippen molar-refractivity contribution in [3.63, 3.8) is 0 Å². The number of hydrogen-bond acceptors (Lipinski definition) is 3. The number of carbonyl (C=O) groups is 1. The lowest BCUT2D eigenvalue weighted by Crippen LogP contribution is -2.22. The van der Waals surface area contributed by atoms with E-state index in [1.807, 2.05) is 19.2 Å². The Morgan fingerprint density at radius 2 is 2.00 bits per heavy atom. The Kier molecular flexibility index (Phi) is 5.66. The van der Waals surface area contributed by atoms with Crippen LogP contribution in [-0.2, 0) is 6.54 Å². The van der Waals surface area contributed by atoms with Crippen molar-refractivity contribution in [3.05, 3.63) is 35.4 Å². The summed E-state index contributed by atoms with van der Waals surface area (Å²) in [6, 6.07) is 7.05. The highest BCUT2D eigenvalue weighted by molar-refractivity contribution is 5.87. The van der Waals surface area contributed by atoms with Crippen molar-refractivity contribution >= 4 is 5.97 Å². The van der Waals surface area contributed by atoms with Crippen molar-refractivity contribution in [2.45, 2.75) is 13.0 Å². The van der Waals surface area contributed by atoms with Gasteiger partial charge in [0.1, 0.15) is 0 Å². The van der Waals surface area contributed by atoms with E-state index in [2.05, 4.69) is 17.3 Å². The van der Waals surface area contributed by atoms with Crippen LogP contribution < -0.4 is 5.32 Å². The summed E-state index contributed by atoms with van der Waals surface area (Å²) in [5.41, 5.74) is 1.48. The second-order valence-corrected chi connectivity index (χ2v) is 4.20. The first-order chi connectivity index (χ1) is 8.13. The molecule has 1 rings (SSSR count). The molecule has 4 heteroatoms. The molecule has 0 aliphatic heterocycles. The van der Waals surface area contributed by atoms with Crippen LogP contribution in [-0.4, -0.2) is 43.2 Å². The van der Waals surface area contributed by atoms with Gasteiger partial charge in [0.2, 0.25) is 0 Å². The zero-order chi connectivity index (χ0) is 12.7. The number of rotatable bonds is 7. The van der Waals surface area contributed by atoms with E-state index in [9.17, 15) is 4.79 Å². The van der Waals surface area contributed by atoms with Gasteiger partial charge in [-0.25, -0.2) is 4.79 Å². The van der Waals surface area contributed by atoms with Gasteiger partial charge in [-0.15, -0.1) is 0 Å². The molecular formula is C13H20N2O2. The van der Waals surface area contributed by atoms with E-state index in [1.54, 1.807) is 12.1 Å². The fourth-order valence-corrected chi connectivity index (χ4v) is 1.67. The molecule has 0 atom stereocenters. The first kappa shape index (κ1) is 13.7. The van der Waals surface area contributed by atoms with Gasteiger partial charge >= 0.3 is 5.97 Å². The van der Waals surface area contributed by atoms with Gasteiger partial charge in [0.25, 0.3) is 0 Å². The molecule has 1 aromatic rings. The molecule has 0 aliphatic carbocycles. The quantitative estimate of drug-likeness (QED) is 0.703. The molecule has 1 aromatic carbocycles. The van der Waals surface area contributed by atoms with Crippen LogP contribution in [0.5, 0.6) is 0 Å². The average Bonchev–Trinajstić information content (AvgIpc) is 2.30. The summed E-state index contributed by atoms with van der Waals surface area (Å²) in [5.74, 6) is -0.876. The minimum absolute atomic E-state index is 0.339. The predicted molar refractivity (Wildman–Crippen MR) is 68.3 cm³/mol. The molecule has 0 heterocycles. The van der Waals surface area contributed by atoms with Gasteiger partial charge in [0, 0.05) is 6.54 Å². The first-order valence-corrected chi connectivity index (χ1v) is 5.79. The average molecular weight is 236 g/mol. The highest BCUT2D eigenvalue weighted by atomic mass is 16.4. The predicted octanol–water partition coefficient (Wildman–Crippen LogP) is 1.43. The summed E-state index contributed by atoms with van der Waals surface area (Å²) in [6.07, 6.45) is 1.11. The molecule has 0 amide bonds. The molecule has 0 spiro atoms. The molecule has 17 heavy (non-hydrogen) atoms. The third-order valence-electron chi connectivity index (χ3n) is 2.62. The first-order valence-electron chi connectivity index (χ1n) is 5.79. The molecule has 0 saturated carbocycles. The molecule has 0 radical (unpaired) electrons. The zero-order valence-electron chi connectivity index (χ0n) is 10.4. The summed E-state index contributed by atoms with van der Waals surface area (Å²) in [5, 5.41) is 11.9. The van der Waals surface area contributed by atoms with Gasteiger partial charge in [-0.3, -0.25) is 0 Å². The molecule has 2 N–H and O–H groups in total. The van der Waals surface area contributed by atoms with E-state index in [-0.39, 0.29) is 0 Å². The summed E-state index contributed by atoms with van der Waals surface area (Å²) in [6.45, 7) is 2.90. The van der Waals surface area contributed by atoms with Crippen molar-refractivity contribution in [3.8, 4) is 0 Å². The molecule has 0 aliphatic rings. The minimum atomic E-state index is -0.876. The van der Waals surface area contributed by atoms with E-state index in [4.69, 9.17) is 5.11 Å². The standard InChI is InChI=1S/C13H20N2O2/c1-14-8-3-9-15(2)10-11-4-6-12(7-5-11)13(16)17/h4-7,14H,3,8-10H2,1-2H3,(H,16,17). The van der Waals surface area contributed by atoms with Gasteiger partial charge in [-0.1, -0.05) is 12.1 Å². The second kappa shape index (κ2) is 7.04. The van der Waals surface area contributed by atoms with Crippen LogP contribution in [0.3, 0.4) is 0 Å². The van der Waals surface area contributed by atoms with Gasteiger partial charge in [0.05, 0.1) is 5.56 Å². The highest BCUT2D eigenvalue weighted by Crippen LogP contribution is 2.07. The van der Waals surface area contributed by atoms with E-state index in [1.165, 1.54) is 0 Å². The number of carboxylic acid groups (broad SMARTS) is 1. The number of hydrogen-bond donors (Lipinski definition) is 2. The van der Waals surface area contributed by atoms with Crippen molar-refractivity contribution in [2.75, 3.05) is 27.2 Å². The monoisotopic (exact) mass is 236 g/mol. The fraction of sp³-hybridized carbons (Fsp3) is 0.462. The number of nitrogens with one attached hydrogen (secondary N) is 1. The van der Waals surface area contributed by atoms with Crippen LogP contribution in [0.2, 0.25) is 0 Å². The Hall–Kier alpha value is -1.39. The summed E-state index contributed by atoms with van der Waals surface area (Å²) >= 11 is 0. The number of carboxylic acids is 1. The Morgan fingerprint density at radius 3 is 2.53 bits per heavy atom. The maximum absolute atomic E-state index is 10.7. The van der Waals surface area contributed by atoms with E-state index in [0.717, 1.165) is 31.6 Å². The van der Waals surface area contributed by atoms with Crippen LogP contribution >= 0.6 is 0 Å². The SMILES string of the molecule is CNCCCN(C)Cc1ccc(C(=O)O)cc1. The topological polar surface area (TPSA) is 52.6 Å². The second-order valence-electron chi connectivity index (χ2n) is 4.20. The Bertz CT molecular complexity index is 349. The normalized spacial score (nSPS) is 10.8. The molecule has 0 saturated heterocycles. The molecule has 0 fully saturated rings. The van der Waals surface area contributed by atoms with E-state index >= 15 is 0 Å². The minimum Gasteiger partial charge on any atom is -0.478 e. The number of benzene rings is 1. The number of aromatic carboxylic acids is 1. The van der Waals surface area contributed by atoms with Gasteiger partial charge < -0.3 is 15.3 Å². The van der Waals surface area contributed by atoms with Crippen LogP contribution in [0.15, 0.2) is 24.3 Å². The lowest BCUT2D eigenvalue weighted by molar-refractivity contribution is 0.0697. The van der Waals surface area contributed by atoms with Crippen molar-refractivity contribution in [2.24, 2.45) is 0 Å². The Balaban J connectivity index is 2.43. The zero-order valence-corrected chi connectivity index (χ0v) is 10.4. The third-order valence-corrected chi connectivity index (χ3v) is 2.62. The van der Waals surface area contributed by atoms with Crippen molar-refractivity contribution in [1.29, 1.82) is 0 Å². The largest absolute Gasteiger partial charge is 0.478 e. The van der Waals surface area contributed by atoms with Gasteiger partial charge in [-0.05, 0) is 51.3 Å². The van der Waals surface area contributed by atoms with Crippen LogP contribution in [0.1, 0.15) is 22.3 Å². The highest BCUT2D eigenvalue weighted by Gasteiger charge is 2.03. The maximum atomic E-state index is 10.7. The number of nitrogens with zero attached hydrogens (tertiary/aromatic N) is 1. The molecule has 0 bridgehead atoms. The fourth-order valence-electron chi connectivity index (χ4n) is 1.67. The summed E-state index contributed by atoms with van der Waals surface area (Å²) < 4.78 is 0. The summed E-state index contributed by atoms with van der Waals surface area (Å²) in [4.78, 5) is 12.9. The van der Waals surface area contributed by atoms with Crippen LogP contribution in [0, 0.1) is 0 Å². The van der Waals surface area contributed by atoms with E-state index < -0.39 is 5.97 Å². The Morgan fingerprint density at radius 1 is 1.35 bits per heavy atom.